The average Bonchev–Trinajstić information content (AvgIpc) is 2.97. The highest BCUT2D eigenvalue weighted by atomic mass is 16.7. The molecule has 0 saturated carbocycles. The maximum atomic E-state index is 13.0. The molecule has 0 radical (unpaired) electrons. The number of rotatable bonds is 10. The minimum Gasteiger partial charge on any atom is -0.497 e. The molecule has 1 N–H and O–H groups in total. The number of ether oxygens (including phenoxy) is 6. The number of benzene rings is 3. The molecule has 1 heterocycles. The van der Waals surface area contributed by atoms with Crippen molar-refractivity contribution in [2.45, 2.75) is 44.2 Å². The van der Waals surface area contributed by atoms with Crippen molar-refractivity contribution in [3.63, 3.8) is 0 Å². The molecule has 40 heavy (non-hydrogen) atoms. The first-order valence-electron chi connectivity index (χ1n) is 12.6. The molecule has 0 amide bonds. The lowest BCUT2D eigenvalue weighted by molar-refractivity contribution is -0.290. The van der Waals surface area contributed by atoms with Gasteiger partial charge in [-0.15, -0.1) is 0 Å². The van der Waals surface area contributed by atoms with Gasteiger partial charge in [0, 0.05) is 6.92 Å². The Morgan fingerprint density at radius 1 is 0.750 bits per heavy atom. The molecule has 210 valence electrons. The molecule has 10 heteroatoms. The van der Waals surface area contributed by atoms with Crippen molar-refractivity contribution in [2.24, 2.45) is 0 Å². The van der Waals surface area contributed by atoms with E-state index in [4.69, 9.17) is 28.4 Å². The summed E-state index contributed by atoms with van der Waals surface area (Å²) in [4.78, 5) is 38.0. The predicted octanol–water partition coefficient (Wildman–Crippen LogP) is 3.31. The van der Waals surface area contributed by atoms with E-state index in [1.165, 1.54) is 19.1 Å². The van der Waals surface area contributed by atoms with Gasteiger partial charge in [-0.3, -0.25) is 4.79 Å². The summed E-state index contributed by atoms with van der Waals surface area (Å²) in [6.07, 6.45) is -6.97. The van der Waals surface area contributed by atoms with Crippen molar-refractivity contribution < 1.29 is 47.9 Å². The Kier molecular flexibility index (Phi) is 9.85. The zero-order valence-electron chi connectivity index (χ0n) is 22.0. The van der Waals surface area contributed by atoms with E-state index in [-0.39, 0.29) is 24.3 Å². The second-order valence-corrected chi connectivity index (χ2v) is 8.97. The van der Waals surface area contributed by atoms with Crippen molar-refractivity contribution in [1.29, 1.82) is 0 Å². The summed E-state index contributed by atoms with van der Waals surface area (Å²) < 4.78 is 33.5. The number of aliphatic hydroxyl groups is 1. The Hall–Kier alpha value is -4.25. The fraction of sp³-hybridized carbons (Fsp3) is 0.300. The molecule has 1 fully saturated rings. The van der Waals surface area contributed by atoms with Gasteiger partial charge in [-0.05, 0) is 42.0 Å². The minimum atomic E-state index is -1.72. The number of carbonyl (C=O) groups excluding carboxylic acids is 3. The minimum absolute atomic E-state index is 0.139. The Bertz CT molecular complexity index is 1260. The van der Waals surface area contributed by atoms with Gasteiger partial charge in [-0.1, -0.05) is 48.5 Å². The largest absolute Gasteiger partial charge is 0.497 e. The van der Waals surface area contributed by atoms with Gasteiger partial charge < -0.3 is 33.5 Å². The molecule has 3 aromatic rings. The van der Waals surface area contributed by atoms with Gasteiger partial charge in [0.2, 0.25) is 0 Å². The van der Waals surface area contributed by atoms with Crippen LogP contribution in [0.25, 0.3) is 0 Å². The molecule has 0 aromatic heterocycles. The molecule has 0 unspecified atom stereocenters. The summed E-state index contributed by atoms with van der Waals surface area (Å²) in [7, 11) is 1.57. The van der Waals surface area contributed by atoms with Crippen molar-refractivity contribution in [3.8, 4) is 5.75 Å². The van der Waals surface area contributed by atoms with E-state index in [0.29, 0.717) is 5.75 Å². The van der Waals surface area contributed by atoms with Gasteiger partial charge in [-0.2, -0.15) is 0 Å². The lowest BCUT2D eigenvalue weighted by Gasteiger charge is -2.43. The molecule has 5 atom stereocenters. The van der Waals surface area contributed by atoms with Crippen LogP contribution in [0.4, 0.5) is 0 Å². The maximum absolute atomic E-state index is 13.0. The van der Waals surface area contributed by atoms with Crippen LogP contribution in [0.2, 0.25) is 0 Å². The first kappa shape index (κ1) is 28.8. The van der Waals surface area contributed by atoms with Crippen LogP contribution >= 0.6 is 0 Å². The van der Waals surface area contributed by atoms with Gasteiger partial charge in [-0.25, -0.2) is 9.59 Å². The van der Waals surface area contributed by atoms with Gasteiger partial charge in [0.05, 0.1) is 31.5 Å². The molecule has 0 bridgehead atoms. The van der Waals surface area contributed by atoms with Gasteiger partial charge in [0.1, 0.15) is 11.9 Å². The van der Waals surface area contributed by atoms with Crippen LogP contribution in [0.15, 0.2) is 84.9 Å². The average molecular weight is 551 g/mol. The topological polar surface area (TPSA) is 127 Å². The summed E-state index contributed by atoms with van der Waals surface area (Å²) in [5, 5.41) is 10.9. The number of methoxy groups -OCH3 is 1. The quantitative estimate of drug-likeness (QED) is 0.297. The van der Waals surface area contributed by atoms with Gasteiger partial charge in [0.25, 0.3) is 0 Å². The van der Waals surface area contributed by atoms with E-state index < -0.39 is 48.6 Å². The molecule has 10 nitrogen and oxygen atoms in total. The number of hydrogen-bond donors (Lipinski definition) is 1. The number of esters is 3. The molecule has 1 saturated heterocycles. The lowest BCUT2D eigenvalue weighted by Crippen LogP contribution is -2.62. The Morgan fingerprint density at radius 2 is 1.30 bits per heavy atom. The third-order valence-electron chi connectivity index (χ3n) is 6.13. The maximum Gasteiger partial charge on any atom is 0.338 e. The Labute approximate surface area is 231 Å². The highest BCUT2D eigenvalue weighted by Crippen LogP contribution is 2.29. The van der Waals surface area contributed by atoms with Crippen molar-refractivity contribution in [1.82, 2.24) is 0 Å². The highest BCUT2D eigenvalue weighted by Gasteiger charge is 2.52. The first-order valence-corrected chi connectivity index (χ1v) is 12.6. The first-order chi connectivity index (χ1) is 19.4. The summed E-state index contributed by atoms with van der Waals surface area (Å²) in [5.74, 6) is -1.56. The zero-order chi connectivity index (χ0) is 28.5. The molecule has 4 rings (SSSR count). The Balaban J connectivity index is 1.57. The van der Waals surface area contributed by atoms with E-state index >= 15 is 0 Å². The standard InChI is InChI=1S/C30H30O10/c1-19(31)37-25-24(18-36-17-20-13-15-23(35-2)16-14-20)38-30(34)27(40-29(33)22-11-7-4-8-12-22)26(25)39-28(32)21-9-5-3-6-10-21/h3-16,24-27,30,34H,17-18H2,1-2H3/t24-,25-,26+,27-,30+/m1/s1. The molecular formula is C30H30O10. The SMILES string of the molecule is COc1ccc(COC[C@H]2O[C@H](O)[C@H](OC(=O)c3ccccc3)[C@@H](OC(=O)c3ccccc3)[C@@H]2OC(C)=O)cc1. The summed E-state index contributed by atoms with van der Waals surface area (Å²) in [5.41, 5.74) is 1.25. The van der Waals surface area contributed by atoms with Gasteiger partial charge >= 0.3 is 17.9 Å². The van der Waals surface area contributed by atoms with Crippen molar-refractivity contribution in [3.05, 3.63) is 102 Å². The van der Waals surface area contributed by atoms with E-state index in [2.05, 4.69) is 0 Å². The monoisotopic (exact) mass is 550 g/mol. The third-order valence-corrected chi connectivity index (χ3v) is 6.13. The van der Waals surface area contributed by atoms with Crippen LogP contribution in [0.5, 0.6) is 5.75 Å². The molecular weight excluding hydrogens is 520 g/mol. The highest BCUT2D eigenvalue weighted by molar-refractivity contribution is 5.90. The second-order valence-electron chi connectivity index (χ2n) is 8.97. The molecule has 1 aliphatic rings. The van der Waals surface area contributed by atoms with Crippen molar-refractivity contribution in [2.75, 3.05) is 13.7 Å². The molecule has 0 spiro atoms. The smallest absolute Gasteiger partial charge is 0.338 e. The van der Waals surface area contributed by atoms with E-state index in [1.54, 1.807) is 67.8 Å². The predicted molar refractivity (Wildman–Crippen MR) is 140 cm³/mol. The number of aliphatic hydroxyl groups excluding tert-OH is 1. The van der Waals surface area contributed by atoms with Crippen LogP contribution < -0.4 is 4.74 Å². The summed E-state index contributed by atoms with van der Waals surface area (Å²) in [6, 6.07) is 23.4. The van der Waals surface area contributed by atoms with E-state index in [9.17, 15) is 19.5 Å². The van der Waals surface area contributed by atoms with E-state index in [1.807, 2.05) is 12.1 Å². The third kappa shape index (κ3) is 7.44. The van der Waals surface area contributed by atoms with Gasteiger partial charge in [0.15, 0.2) is 24.6 Å². The van der Waals surface area contributed by atoms with E-state index in [0.717, 1.165) is 5.56 Å². The number of hydrogen-bond acceptors (Lipinski definition) is 10. The van der Waals surface area contributed by atoms with Crippen LogP contribution in [-0.2, 0) is 35.1 Å². The van der Waals surface area contributed by atoms with Crippen LogP contribution in [0.1, 0.15) is 33.2 Å². The molecule has 1 aliphatic heterocycles. The lowest BCUT2D eigenvalue weighted by atomic mass is 9.98. The zero-order valence-corrected chi connectivity index (χ0v) is 22.0. The fourth-order valence-electron chi connectivity index (χ4n) is 4.17. The number of carbonyl (C=O) groups is 3. The van der Waals surface area contributed by atoms with Crippen LogP contribution in [0.3, 0.4) is 0 Å². The Morgan fingerprint density at radius 3 is 1.82 bits per heavy atom. The summed E-state index contributed by atoms with van der Waals surface area (Å²) in [6.45, 7) is 1.22. The molecule has 0 aliphatic carbocycles. The molecule has 3 aromatic carbocycles. The fourth-order valence-corrected chi connectivity index (χ4v) is 4.17. The second kappa shape index (κ2) is 13.7. The van der Waals surface area contributed by atoms with Crippen LogP contribution in [0, 0.1) is 0 Å². The van der Waals surface area contributed by atoms with Crippen molar-refractivity contribution >= 4 is 17.9 Å². The summed E-state index contributed by atoms with van der Waals surface area (Å²) >= 11 is 0. The normalized spacial score (nSPS) is 22.1. The van der Waals surface area contributed by atoms with Crippen LogP contribution in [-0.4, -0.2) is 67.4 Å².